The summed E-state index contributed by atoms with van der Waals surface area (Å²) in [5, 5.41) is 6.67. The molecule has 6 nitrogen and oxygen atoms in total. The number of benzene rings is 1. The lowest BCUT2D eigenvalue weighted by molar-refractivity contribution is 0.0743. The van der Waals surface area contributed by atoms with E-state index >= 15 is 0 Å². The third-order valence-electron chi connectivity index (χ3n) is 3.73. The minimum Gasteiger partial charge on any atom is -0.351 e. The summed E-state index contributed by atoms with van der Waals surface area (Å²) in [7, 11) is 1.70. The molecule has 1 aliphatic carbocycles. The van der Waals surface area contributed by atoms with Crippen molar-refractivity contribution in [2.45, 2.75) is 32.4 Å². The van der Waals surface area contributed by atoms with Gasteiger partial charge < -0.3 is 14.7 Å². The molecule has 0 bridgehead atoms. The molecule has 3 rings (SSSR count). The van der Waals surface area contributed by atoms with E-state index in [-0.39, 0.29) is 17.6 Å². The molecule has 0 spiro atoms. The number of carbonyl (C=O) groups is 2. The van der Waals surface area contributed by atoms with Gasteiger partial charge in [-0.2, -0.15) is 0 Å². The van der Waals surface area contributed by atoms with Gasteiger partial charge in [0, 0.05) is 31.3 Å². The van der Waals surface area contributed by atoms with Gasteiger partial charge in [0.1, 0.15) is 0 Å². The number of rotatable bonds is 5. The summed E-state index contributed by atoms with van der Waals surface area (Å²) in [5.74, 6) is -0.0350. The Morgan fingerprint density at radius 1 is 1.30 bits per heavy atom. The van der Waals surface area contributed by atoms with Crippen molar-refractivity contribution < 1.29 is 14.1 Å². The van der Waals surface area contributed by atoms with Crippen LogP contribution in [0.1, 0.15) is 45.0 Å². The molecule has 6 heteroatoms. The van der Waals surface area contributed by atoms with Crippen molar-refractivity contribution in [1.82, 2.24) is 15.4 Å². The minimum atomic E-state index is -0.221. The Bertz CT molecular complexity index is 717. The van der Waals surface area contributed by atoms with Gasteiger partial charge in [0.05, 0.1) is 5.69 Å². The zero-order chi connectivity index (χ0) is 16.4. The molecule has 0 saturated heterocycles. The van der Waals surface area contributed by atoms with Crippen molar-refractivity contribution in [3.05, 3.63) is 52.9 Å². The maximum atomic E-state index is 12.2. The van der Waals surface area contributed by atoms with Crippen molar-refractivity contribution >= 4 is 11.8 Å². The number of aryl methyl sites for hydroxylation is 1. The highest BCUT2D eigenvalue weighted by Crippen LogP contribution is 2.19. The van der Waals surface area contributed by atoms with Crippen LogP contribution in [0.25, 0.3) is 0 Å². The lowest BCUT2D eigenvalue weighted by Gasteiger charge is -2.15. The molecule has 1 saturated carbocycles. The predicted molar refractivity (Wildman–Crippen MR) is 84.0 cm³/mol. The highest BCUT2D eigenvalue weighted by molar-refractivity contribution is 5.94. The van der Waals surface area contributed by atoms with Gasteiger partial charge in [-0.1, -0.05) is 17.3 Å². The van der Waals surface area contributed by atoms with Gasteiger partial charge in [-0.25, -0.2) is 0 Å². The fraction of sp³-hybridized carbons (Fsp3) is 0.353. The number of amides is 2. The molecule has 1 fully saturated rings. The van der Waals surface area contributed by atoms with Gasteiger partial charge in [-0.05, 0) is 37.5 Å². The molecule has 0 atom stereocenters. The Hall–Kier alpha value is -2.63. The summed E-state index contributed by atoms with van der Waals surface area (Å²) in [6.07, 6.45) is 2.13. The zero-order valence-electron chi connectivity index (χ0n) is 13.2. The molecular formula is C17H19N3O3. The van der Waals surface area contributed by atoms with Crippen LogP contribution in [0.4, 0.5) is 0 Å². The molecule has 0 unspecified atom stereocenters. The van der Waals surface area contributed by atoms with Gasteiger partial charge >= 0.3 is 0 Å². The molecule has 2 aromatic rings. The van der Waals surface area contributed by atoms with Crippen LogP contribution in [0.15, 0.2) is 34.9 Å². The molecular weight excluding hydrogens is 294 g/mol. The van der Waals surface area contributed by atoms with E-state index in [0.29, 0.717) is 23.8 Å². The van der Waals surface area contributed by atoms with E-state index in [1.807, 2.05) is 12.1 Å². The topological polar surface area (TPSA) is 75.4 Å². The largest absolute Gasteiger partial charge is 0.351 e. The molecule has 0 aliphatic heterocycles. The molecule has 1 heterocycles. The Morgan fingerprint density at radius 2 is 2.00 bits per heavy atom. The average Bonchev–Trinajstić information content (AvgIpc) is 3.25. The second-order valence-corrected chi connectivity index (χ2v) is 5.94. The van der Waals surface area contributed by atoms with Gasteiger partial charge in [-0.3, -0.25) is 9.59 Å². The first-order chi connectivity index (χ1) is 11.0. The lowest BCUT2D eigenvalue weighted by Crippen LogP contribution is -2.26. The van der Waals surface area contributed by atoms with Crippen molar-refractivity contribution in [3.8, 4) is 0 Å². The second kappa shape index (κ2) is 6.24. The van der Waals surface area contributed by atoms with Gasteiger partial charge in [0.25, 0.3) is 11.8 Å². The normalized spacial score (nSPS) is 13.7. The molecule has 1 aromatic carbocycles. The van der Waals surface area contributed by atoms with Crippen LogP contribution in [0.3, 0.4) is 0 Å². The molecule has 120 valence electrons. The smallest absolute Gasteiger partial charge is 0.292 e. The van der Waals surface area contributed by atoms with Crippen molar-refractivity contribution in [2.24, 2.45) is 0 Å². The first kappa shape index (κ1) is 15.3. The maximum absolute atomic E-state index is 12.2. The number of hydrogen-bond acceptors (Lipinski definition) is 4. The Labute approximate surface area is 134 Å². The Kier molecular flexibility index (Phi) is 4.14. The summed E-state index contributed by atoms with van der Waals surface area (Å²) in [5.41, 5.74) is 2.26. The van der Waals surface area contributed by atoms with Crippen LogP contribution < -0.4 is 5.32 Å². The summed E-state index contributed by atoms with van der Waals surface area (Å²) < 4.78 is 4.98. The van der Waals surface area contributed by atoms with Crippen LogP contribution in [-0.4, -0.2) is 35.0 Å². The summed E-state index contributed by atoms with van der Waals surface area (Å²) in [6.45, 7) is 2.20. The third-order valence-corrected chi connectivity index (χ3v) is 3.73. The van der Waals surface area contributed by atoms with E-state index in [1.165, 1.54) is 0 Å². The predicted octanol–water partition coefficient (Wildman–Crippen LogP) is 2.15. The average molecular weight is 313 g/mol. The number of aromatic nitrogens is 1. The van der Waals surface area contributed by atoms with E-state index in [0.717, 1.165) is 18.4 Å². The standard InChI is InChI=1S/C17H19N3O3/c1-11-9-15(23-19-11)17(22)20(2)10-12-3-5-13(6-4-12)16(21)18-14-7-8-14/h3-6,9,14H,7-8,10H2,1-2H3,(H,18,21). The fourth-order valence-electron chi connectivity index (χ4n) is 2.26. The Balaban J connectivity index is 1.60. The highest BCUT2D eigenvalue weighted by Gasteiger charge is 2.23. The van der Waals surface area contributed by atoms with E-state index in [9.17, 15) is 9.59 Å². The number of carbonyl (C=O) groups excluding carboxylic acids is 2. The molecule has 2 amide bonds. The van der Waals surface area contributed by atoms with Crippen LogP contribution >= 0.6 is 0 Å². The zero-order valence-corrected chi connectivity index (χ0v) is 13.2. The van der Waals surface area contributed by atoms with Crippen LogP contribution in [-0.2, 0) is 6.54 Å². The second-order valence-electron chi connectivity index (χ2n) is 5.94. The first-order valence-electron chi connectivity index (χ1n) is 7.61. The van der Waals surface area contributed by atoms with E-state index < -0.39 is 0 Å². The van der Waals surface area contributed by atoms with Gasteiger partial charge in [-0.15, -0.1) is 0 Å². The van der Waals surface area contributed by atoms with E-state index in [4.69, 9.17) is 4.52 Å². The van der Waals surface area contributed by atoms with Crippen LogP contribution in [0.5, 0.6) is 0 Å². The maximum Gasteiger partial charge on any atom is 0.292 e. The molecule has 1 N–H and O–H groups in total. The van der Waals surface area contributed by atoms with E-state index in [1.54, 1.807) is 37.1 Å². The molecule has 23 heavy (non-hydrogen) atoms. The molecule has 0 radical (unpaired) electrons. The minimum absolute atomic E-state index is 0.0411. The molecule has 1 aliphatic rings. The monoisotopic (exact) mass is 313 g/mol. The van der Waals surface area contributed by atoms with Crippen molar-refractivity contribution in [3.63, 3.8) is 0 Å². The van der Waals surface area contributed by atoms with Crippen molar-refractivity contribution in [2.75, 3.05) is 7.05 Å². The quantitative estimate of drug-likeness (QED) is 0.917. The number of nitrogens with one attached hydrogen (secondary N) is 1. The van der Waals surface area contributed by atoms with Gasteiger partial charge in [0.2, 0.25) is 5.76 Å². The summed E-state index contributed by atoms with van der Waals surface area (Å²) >= 11 is 0. The SMILES string of the molecule is Cc1cc(C(=O)N(C)Cc2ccc(C(=O)NC3CC3)cc2)on1. The summed E-state index contributed by atoms with van der Waals surface area (Å²) in [4.78, 5) is 25.7. The van der Waals surface area contributed by atoms with Crippen LogP contribution in [0.2, 0.25) is 0 Å². The highest BCUT2D eigenvalue weighted by atomic mass is 16.5. The van der Waals surface area contributed by atoms with Crippen LogP contribution in [0, 0.1) is 6.92 Å². The van der Waals surface area contributed by atoms with Gasteiger partial charge in [0.15, 0.2) is 0 Å². The summed E-state index contributed by atoms with van der Waals surface area (Å²) in [6, 6.07) is 9.24. The first-order valence-corrected chi connectivity index (χ1v) is 7.61. The number of nitrogens with zero attached hydrogens (tertiary/aromatic N) is 2. The molecule has 1 aromatic heterocycles. The number of hydrogen-bond donors (Lipinski definition) is 1. The van der Waals surface area contributed by atoms with Crippen molar-refractivity contribution in [1.29, 1.82) is 0 Å². The van der Waals surface area contributed by atoms with E-state index in [2.05, 4.69) is 10.5 Å². The Morgan fingerprint density at radius 3 is 2.57 bits per heavy atom. The third kappa shape index (κ3) is 3.77. The lowest BCUT2D eigenvalue weighted by atomic mass is 10.1. The fourth-order valence-corrected chi connectivity index (χ4v) is 2.26.